The van der Waals surface area contributed by atoms with Crippen LogP contribution in [0.3, 0.4) is 0 Å². The number of rotatable bonds is 6. The highest BCUT2D eigenvalue weighted by molar-refractivity contribution is 6.30. The van der Waals surface area contributed by atoms with Crippen molar-refractivity contribution in [3.63, 3.8) is 0 Å². The summed E-state index contributed by atoms with van der Waals surface area (Å²) in [6.45, 7) is 3.92. The lowest BCUT2D eigenvalue weighted by atomic mass is 10.0. The Bertz CT molecular complexity index is 789. The molecule has 0 aliphatic carbocycles. The molecule has 2 heterocycles. The van der Waals surface area contributed by atoms with Crippen LogP contribution < -0.4 is 0 Å². The van der Waals surface area contributed by atoms with E-state index in [-0.39, 0.29) is 19.0 Å². The monoisotopic (exact) mass is 376 g/mol. The summed E-state index contributed by atoms with van der Waals surface area (Å²) in [6.07, 6.45) is 4.14. The molecule has 0 saturated carbocycles. The van der Waals surface area contributed by atoms with Gasteiger partial charge in [0.05, 0.1) is 32.1 Å². The molecule has 138 valence electrons. The number of hydrogen-bond acceptors (Lipinski definition) is 4. The van der Waals surface area contributed by atoms with Crippen LogP contribution in [0.1, 0.15) is 19.4 Å². The standard InChI is InChI=1S/C18H21ClN4O3/c1-18(2)16(25)22(9-13-3-5-14(19)6-4-13)17(26)23(18)11-15(24)10-21-8-7-20-12-21/h3-8,12,15,24H,9-11H2,1-2H3/t15-/m0/s1. The number of amides is 3. The number of imidazole rings is 1. The third-order valence-electron chi connectivity index (χ3n) is 4.53. The first-order valence-electron chi connectivity index (χ1n) is 8.31. The topological polar surface area (TPSA) is 78.7 Å². The van der Waals surface area contributed by atoms with E-state index in [1.54, 1.807) is 61.4 Å². The van der Waals surface area contributed by atoms with Crippen LogP contribution in [0.15, 0.2) is 43.0 Å². The number of urea groups is 1. The number of imide groups is 1. The van der Waals surface area contributed by atoms with Crippen molar-refractivity contribution >= 4 is 23.5 Å². The molecule has 2 aromatic rings. The van der Waals surface area contributed by atoms with Crippen LogP contribution in [-0.4, -0.2) is 54.6 Å². The first kappa shape index (κ1) is 18.4. The van der Waals surface area contributed by atoms with Crippen LogP contribution in [0.2, 0.25) is 5.02 Å². The lowest BCUT2D eigenvalue weighted by Gasteiger charge is -2.29. The van der Waals surface area contributed by atoms with Crippen molar-refractivity contribution in [1.29, 1.82) is 0 Å². The van der Waals surface area contributed by atoms with Gasteiger partial charge in [0.1, 0.15) is 5.54 Å². The van der Waals surface area contributed by atoms with Crippen molar-refractivity contribution in [3.8, 4) is 0 Å². The molecule has 1 aliphatic rings. The smallest absolute Gasteiger partial charge is 0.328 e. The van der Waals surface area contributed by atoms with E-state index < -0.39 is 17.7 Å². The highest BCUT2D eigenvalue weighted by Crippen LogP contribution is 2.29. The van der Waals surface area contributed by atoms with Crippen LogP contribution in [0.5, 0.6) is 0 Å². The third kappa shape index (κ3) is 3.59. The molecular weight excluding hydrogens is 356 g/mol. The van der Waals surface area contributed by atoms with Gasteiger partial charge in [-0.05, 0) is 31.5 Å². The zero-order chi connectivity index (χ0) is 18.9. The summed E-state index contributed by atoms with van der Waals surface area (Å²) >= 11 is 5.88. The third-order valence-corrected chi connectivity index (χ3v) is 4.79. The zero-order valence-corrected chi connectivity index (χ0v) is 15.4. The van der Waals surface area contributed by atoms with E-state index in [0.29, 0.717) is 11.6 Å². The maximum absolute atomic E-state index is 12.8. The maximum atomic E-state index is 12.8. The number of halogens is 1. The highest BCUT2D eigenvalue weighted by Gasteiger charge is 2.51. The molecule has 0 radical (unpaired) electrons. The van der Waals surface area contributed by atoms with Gasteiger partial charge in [-0.1, -0.05) is 23.7 Å². The molecule has 8 heteroatoms. The Labute approximate surface area is 156 Å². The zero-order valence-electron chi connectivity index (χ0n) is 14.7. The fourth-order valence-electron chi connectivity index (χ4n) is 3.04. The summed E-state index contributed by atoms with van der Waals surface area (Å²) in [4.78, 5) is 32.1. The summed E-state index contributed by atoms with van der Waals surface area (Å²) in [5.41, 5.74) is -0.202. The van der Waals surface area contributed by atoms with Gasteiger partial charge >= 0.3 is 6.03 Å². The summed E-state index contributed by atoms with van der Waals surface area (Å²) in [7, 11) is 0. The minimum Gasteiger partial charge on any atom is -0.389 e. The van der Waals surface area contributed by atoms with Crippen molar-refractivity contribution < 1.29 is 14.7 Å². The number of benzene rings is 1. The van der Waals surface area contributed by atoms with E-state index in [0.717, 1.165) is 5.56 Å². The average Bonchev–Trinajstić information content (AvgIpc) is 3.15. The van der Waals surface area contributed by atoms with Gasteiger partial charge in [0, 0.05) is 17.4 Å². The van der Waals surface area contributed by atoms with E-state index in [4.69, 9.17) is 11.6 Å². The van der Waals surface area contributed by atoms with E-state index in [9.17, 15) is 14.7 Å². The van der Waals surface area contributed by atoms with Gasteiger partial charge in [0.2, 0.25) is 0 Å². The molecule has 1 aromatic heterocycles. The lowest BCUT2D eigenvalue weighted by Crippen LogP contribution is -2.48. The van der Waals surface area contributed by atoms with Crippen molar-refractivity contribution in [3.05, 3.63) is 53.6 Å². The lowest BCUT2D eigenvalue weighted by molar-refractivity contribution is -0.132. The number of aliphatic hydroxyl groups excluding tert-OH is 1. The molecule has 7 nitrogen and oxygen atoms in total. The van der Waals surface area contributed by atoms with Crippen molar-refractivity contribution in [2.45, 2.75) is 38.6 Å². The second-order valence-corrected chi connectivity index (χ2v) is 7.32. The van der Waals surface area contributed by atoms with Gasteiger partial charge in [0.15, 0.2) is 0 Å². The summed E-state index contributed by atoms with van der Waals surface area (Å²) in [5, 5.41) is 10.9. The van der Waals surface area contributed by atoms with Gasteiger partial charge in [-0.3, -0.25) is 9.69 Å². The van der Waals surface area contributed by atoms with Crippen molar-refractivity contribution in [1.82, 2.24) is 19.4 Å². The van der Waals surface area contributed by atoms with Gasteiger partial charge in [-0.25, -0.2) is 9.78 Å². The normalized spacial score (nSPS) is 17.8. The maximum Gasteiger partial charge on any atom is 0.328 e. The van der Waals surface area contributed by atoms with Crippen molar-refractivity contribution in [2.24, 2.45) is 0 Å². The van der Waals surface area contributed by atoms with Crippen LogP contribution in [-0.2, 0) is 17.9 Å². The van der Waals surface area contributed by atoms with Crippen molar-refractivity contribution in [2.75, 3.05) is 6.54 Å². The van der Waals surface area contributed by atoms with E-state index in [1.165, 1.54) is 9.80 Å². The average molecular weight is 377 g/mol. The molecule has 1 N–H and O–H groups in total. The summed E-state index contributed by atoms with van der Waals surface area (Å²) in [6, 6.07) is 6.61. The van der Waals surface area contributed by atoms with E-state index in [1.807, 2.05) is 0 Å². The molecule has 26 heavy (non-hydrogen) atoms. The molecule has 0 spiro atoms. The SMILES string of the molecule is CC1(C)C(=O)N(Cc2ccc(Cl)cc2)C(=O)N1C[C@@H](O)Cn1ccnc1. The Hall–Kier alpha value is -2.38. The highest BCUT2D eigenvalue weighted by atomic mass is 35.5. The molecule has 1 saturated heterocycles. The fourth-order valence-corrected chi connectivity index (χ4v) is 3.17. The Morgan fingerprint density at radius 1 is 1.19 bits per heavy atom. The molecule has 1 fully saturated rings. The second-order valence-electron chi connectivity index (χ2n) is 6.88. The molecule has 3 amide bonds. The van der Waals surface area contributed by atoms with Gasteiger partial charge < -0.3 is 14.6 Å². The molecule has 0 unspecified atom stereocenters. The number of carbonyl (C=O) groups is 2. The Morgan fingerprint density at radius 3 is 2.50 bits per heavy atom. The minimum absolute atomic E-state index is 0.0624. The van der Waals surface area contributed by atoms with Crippen LogP contribution in [0.4, 0.5) is 4.79 Å². The predicted molar refractivity (Wildman–Crippen MR) is 96.4 cm³/mol. The molecule has 3 rings (SSSR count). The Balaban J connectivity index is 1.73. The van der Waals surface area contributed by atoms with E-state index >= 15 is 0 Å². The Kier molecular flexibility index (Phi) is 5.02. The first-order valence-corrected chi connectivity index (χ1v) is 8.68. The number of aromatic nitrogens is 2. The summed E-state index contributed by atoms with van der Waals surface area (Å²) in [5.74, 6) is -0.285. The quantitative estimate of drug-likeness (QED) is 0.783. The van der Waals surface area contributed by atoms with E-state index in [2.05, 4.69) is 4.98 Å². The summed E-state index contributed by atoms with van der Waals surface area (Å²) < 4.78 is 1.73. The first-order chi connectivity index (χ1) is 12.3. The fraction of sp³-hybridized carbons (Fsp3) is 0.389. The molecular formula is C18H21ClN4O3. The molecule has 1 aliphatic heterocycles. The number of β-amino-alcohol motifs (C(OH)–C–C–N with tert-alkyl or cyclic N) is 1. The number of nitrogens with zero attached hydrogens (tertiary/aromatic N) is 4. The Morgan fingerprint density at radius 2 is 1.88 bits per heavy atom. The van der Waals surface area contributed by atoms with Gasteiger partial charge in [-0.2, -0.15) is 0 Å². The molecule has 1 atom stereocenters. The minimum atomic E-state index is -1.01. The van der Waals surface area contributed by atoms with Gasteiger partial charge in [0.25, 0.3) is 5.91 Å². The number of aliphatic hydroxyl groups is 1. The largest absolute Gasteiger partial charge is 0.389 e. The number of carbonyl (C=O) groups excluding carboxylic acids is 2. The van der Waals surface area contributed by atoms with Gasteiger partial charge in [-0.15, -0.1) is 0 Å². The predicted octanol–water partition coefficient (Wildman–Crippen LogP) is 2.14. The van der Waals surface area contributed by atoms with Crippen LogP contribution >= 0.6 is 11.6 Å². The number of hydrogen-bond donors (Lipinski definition) is 1. The molecule has 1 aromatic carbocycles. The second kappa shape index (κ2) is 7.09. The molecule has 0 bridgehead atoms. The van der Waals surface area contributed by atoms with Crippen LogP contribution in [0.25, 0.3) is 0 Å². The van der Waals surface area contributed by atoms with Crippen LogP contribution in [0, 0.1) is 0 Å².